The van der Waals surface area contributed by atoms with Crippen molar-refractivity contribution in [3.8, 4) is 0 Å². The summed E-state index contributed by atoms with van der Waals surface area (Å²) < 4.78 is 23.8. The Morgan fingerprint density at radius 2 is 1.71 bits per heavy atom. The van der Waals surface area contributed by atoms with E-state index < -0.39 is 9.84 Å². The highest BCUT2D eigenvalue weighted by Gasteiger charge is 2.11. The first-order chi connectivity index (χ1) is 6.06. The third-order valence-corrected chi connectivity index (χ3v) is 3.85. The van der Waals surface area contributed by atoms with E-state index in [9.17, 15) is 8.42 Å². The molecule has 80 valence electrons. The van der Waals surface area contributed by atoms with Gasteiger partial charge in [0.1, 0.15) is 0 Å². The number of nitrogens with two attached hydrogens (primary N) is 1. The van der Waals surface area contributed by atoms with Crippen LogP contribution in [0.15, 0.2) is 33.6 Å². The average Bonchev–Trinajstić information content (AvgIpc) is 2.05. The van der Waals surface area contributed by atoms with Gasteiger partial charge < -0.3 is 5.73 Å². The highest BCUT2D eigenvalue weighted by atomic mass is 79.9. The van der Waals surface area contributed by atoms with Gasteiger partial charge in [0.2, 0.25) is 0 Å². The van der Waals surface area contributed by atoms with E-state index in [2.05, 4.69) is 15.9 Å². The first-order valence-electron chi connectivity index (χ1n) is 3.74. The van der Waals surface area contributed by atoms with Gasteiger partial charge in [-0.3, -0.25) is 0 Å². The number of sulfone groups is 1. The first-order valence-corrected chi connectivity index (χ1v) is 6.19. The predicted octanol–water partition coefficient (Wildman–Crippen LogP) is 1.60. The smallest absolute Gasteiger partial charge is 0.179 e. The van der Waals surface area contributed by atoms with Crippen LogP contribution in [-0.2, 0) is 9.84 Å². The molecule has 0 fully saturated rings. The molecule has 0 saturated heterocycles. The molecule has 0 radical (unpaired) electrons. The minimum Gasteiger partial charge on any atom is -0.329 e. The molecular formula is C8H11BrClNO2S. The summed E-state index contributed by atoms with van der Waals surface area (Å²) in [6, 6.07) is 6.52. The Morgan fingerprint density at radius 1 is 1.21 bits per heavy atom. The zero-order chi connectivity index (χ0) is 9.90. The molecule has 1 rings (SSSR count). The fraction of sp³-hybridized carbons (Fsp3) is 0.250. The second-order valence-electron chi connectivity index (χ2n) is 2.56. The lowest BCUT2D eigenvalue weighted by atomic mass is 10.4. The summed E-state index contributed by atoms with van der Waals surface area (Å²) in [4.78, 5) is 0.321. The first kappa shape index (κ1) is 13.9. The van der Waals surface area contributed by atoms with Crippen LogP contribution in [0.3, 0.4) is 0 Å². The van der Waals surface area contributed by atoms with Gasteiger partial charge in [-0.2, -0.15) is 0 Å². The van der Waals surface area contributed by atoms with Crippen molar-refractivity contribution in [3.63, 3.8) is 0 Å². The Balaban J connectivity index is 0.00000169. The summed E-state index contributed by atoms with van der Waals surface area (Å²) in [6.45, 7) is 0.151. The molecular weight excluding hydrogens is 290 g/mol. The Morgan fingerprint density at radius 3 is 2.14 bits per heavy atom. The third kappa shape index (κ3) is 3.57. The second kappa shape index (κ2) is 5.70. The van der Waals surface area contributed by atoms with Crippen LogP contribution >= 0.6 is 28.3 Å². The number of halogens is 2. The summed E-state index contributed by atoms with van der Waals surface area (Å²) in [5.74, 6) is -0.00533. The summed E-state index contributed by atoms with van der Waals surface area (Å²) >= 11 is 3.23. The van der Waals surface area contributed by atoms with Crippen molar-refractivity contribution in [2.24, 2.45) is 5.73 Å². The van der Waals surface area contributed by atoms with Crippen LogP contribution in [0.4, 0.5) is 0 Å². The highest BCUT2D eigenvalue weighted by Crippen LogP contribution is 2.15. The average molecular weight is 301 g/mol. The van der Waals surface area contributed by atoms with Crippen molar-refractivity contribution in [2.45, 2.75) is 4.90 Å². The summed E-state index contributed by atoms with van der Waals surface area (Å²) in [5, 5.41) is 0. The van der Waals surface area contributed by atoms with Crippen molar-refractivity contribution in [2.75, 3.05) is 12.3 Å². The molecule has 14 heavy (non-hydrogen) atoms. The SMILES string of the molecule is Cl.NCCS(=O)(=O)c1ccc(Br)cc1. The molecule has 1 aromatic rings. The molecule has 6 heteroatoms. The number of benzene rings is 1. The standard InChI is InChI=1S/C8H10BrNO2S.ClH/c9-7-1-3-8(4-2-7)13(11,12)6-5-10;/h1-4H,5-6,10H2;1H. The summed E-state index contributed by atoms with van der Waals surface area (Å²) in [5.41, 5.74) is 5.19. The Labute approximate surface area is 98.1 Å². The number of hydrogen-bond donors (Lipinski definition) is 1. The molecule has 3 nitrogen and oxygen atoms in total. The van der Waals surface area contributed by atoms with Crippen molar-refractivity contribution in [1.29, 1.82) is 0 Å². The van der Waals surface area contributed by atoms with Crippen molar-refractivity contribution >= 4 is 38.2 Å². The van der Waals surface area contributed by atoms with Gasteiger partial charge in [-0.1, -0.05) is 15.9 Å². The van der Waals surface area contributed by atoms with Gasteiger partial charge in [0.25, 0.3) is 0 Å². The van der Waals surface area contributed by atoms with E-state index in [-0.39, 0.29) is 24.7 Å². The van der Waals surface area contributed by atoms with Gasteiger partial charge >= 0.3 is 0 Å². The van der Waals surface area contributed by atoms with Gasteiger partial charge in [0, 0.05) is 11.0 Å². The lowest BCUT2D eigenvalue weighted by Crippen LogP contribution is -2.15. The fourth-order valence-electron chi connectivity index (χ4n) is 0.915. The molecule has 0 aromatic heterocycles. The van der Waals surface area contributed by atoms with Crippen LogP contribution in [0.2, 0.25) is 0 Å². The fourth-order valence-corrected chi connectivity index (χ4v) is 2.28. The molecule has 0 bridgehead atoms. The maximum absolute atomic E-state index is 11.4. The Hall–Kier alpha value is -0.100. The minimum absolute atomic E-state index is 0. The predicted molar refractivity (Wildman–Crippen MR) is 62.5 cm³/mol. The van der Waals surface area contributed by atoms with Gasteiger partial charge in [-0.05, 0) is 24.3 Å². The molecule has 0 aliphatic heterocycles. The summed E-state index contributed by atoms with van der Waals surface area (Å²) in [7, 11) is -3.17. The molecule has 0 heterocycles. The van der Waals surface area contributed by atoms with E-state index >= 15 is 0 Å². The second-order valence-corrected chi connectivity index (χ2v) is 5.59. The molecule has 0 amide bonds. The zero-order valence-electron chi connectivity index (χ0n) is 7.31. The lowest BCUT2D eigenvalue weighted by molar-refractivity contribution is 0.596. The summed E-state index contributed by atoms with van der Waals surface area (Å²) in [6.07, 6.45) is 0. The Bertz CT molecular complexity index is 377. The van der Waals surface area contributed by atoms with E-state index in [4.69, 9.17) is 5.73 Å². The van der Waals surface area contributed by atoms with Gasteiger partial charge in [0.15, 0.2) is 9.84 Å². The van der Waals surface area contributed by atoms with Crippen LogP contribution in [0.5, 0.6) is 0 Å². The van der Waals surface area contributed by atoms with Crippen LogP contribution < -0.4 is 5.73 Å². The van der Waals surface area contributed by atoms with Crippen molar-refractivity contribution in [3.05, 3.63) is 28.7 Å². The highest BCUT2D eigenvalue weighted by molar-refractivity contribution is 9.10. The molecule has 0 spiro atoms. The van der Waals surface area contributed by atoms with Gasteiger partial charge in [-0.15, -0.1) is 12.4 Å². The van der Waals surface area contributed by atoms with Crippen molar-refractivity contribution in [1.82, 2.24) is 0 Å². The van der Waals surface area contributed by atoms with Gasteiger partial charge in [0.05, 0.1) is 10.6 Å². The van der Waals surface area contributed by atoms with E-state index in [1.165, 1.54) is 0 Å². The molecule has 0 saturated carbocycles. The van der Waals surface area contributed by atoms with Crippen molar-refractivity contribution < 1.29 is 8.42 Å². The van der Waals surface area contributed by atoms with Crippen LogP contribution in [0, 0.1) is 0 Å². The van der Waals surface area contributed by atoms with E-state index in [0.717, 1.165) is 4.47 Å². The van der Waals surface area contributed by atoms with E-state index in [1.54, 1.807) is 24.3 Å². The molecule has 0 unspecified atom stereocenters. The largest absolute Gasteiger partial charge is 0.329 e. The maximum Gasteiger partial charge on any atom is 0.179 e. The van der Waals surface area contributed by atoms with Gasteiger partial charge in [-0.25, -0.2) is 8.42 Å². The third-order valence-electron chi connectivity index (χ3n) is 1.56. The zero-order valence-corrected chi connectivity index (χ0v) is 10.5. The molecule has 0 atom stereocenters. The van der Waals surface area contributed by atoms with E-state index in [1.807, 2.05) is 0 Å². The monoisotopic (exact) mass is 299 g/mol. The molecule has 2 N–H and O–H groups in total. The number of hydrogen-bond acceptors (Lipinski definition) is 3. The molecule has 1 aromatic carbocycles. The number of rotatable bonds is 3. The Kier molecular flexibility index (Phi) is 5.66. The minimum atomic E-state index is -3.17. The molecule has 0 aliphatic rings. The maximum atomic E-state index is 11.4. The lowest BCUT2D eigenvalue weighted by Gasteiger charge is -2.01. The van der Waals surface area contributed by atoms with Crippen LogP contribution in [0.25, 0.3) is 0 Å². The molecule has 0 aliphatic carbocycles. The topological polar surface area (TPSA) is 60.2 Å². The van der Waals surface area contributed by atoms with Crippen LogP contribution in [0.1, 0.15) is 0 Å². The quantitative estimate of drug-likeness (QED) is 0.922. The normalized spacial score (nSPS) is 10.7. The van der Waals surface area contributed by atoms with Crippen LogP contribution in [-0.4, -0.2) is 20.7 Å². The van der Waals surface area contributed by atoms with E-state index in [0.29, 0.717) is 4.90 Å².